The SMILES string of the molecule is O=C(NO)c1ccccc1S(=O)(=P)N1CCC(O)(c2ccc(OC(F)(F)F)cc2)CC1. The van der Waals surface area contributed by atoms with Crippen LogP contribution in [0.15, 0.2) is 53.4 Å². The molecule has 0 aromatic heterocycles. The van der Waals surface area contributed by atoms with E-state index < -0.39 is 27.2 Å². The van der Waals surface area contributed by atoms with Gasteiger partial charge in [-0.2, -0.15) is 0 Å². The number of halogens is 3. The number of carbonyl (C=O) groups excluding carboxylic acids is 1. The number of hydrogen-bond acceptors (Lipinski definition) is 5. The van der Waals surface area contributed by atoms with Crippen molar-refractivity contribution in [1.29, 1.82) is 0 Å². The van der Waals surface area contributed by atoms with Crippen molar-refractivity contribution in [2.24, 2.45) is 0 Å². The van der Waals surface area contributed by atoms with E-state index in [0.29, 0.717) is 5.56 Å². The van der Waals surface area contributed by atoms with Crippen LogP contribution in [-0.2, 0) is 14.9 Å². The first-order chi connectivity index (χ1) is 14.5. The van der Waals surface area contributed by atoms with Crippen LogP contribution in [0.4, 0.5) is 13.2 Å². The van der Waals surface area contributed by atoms with Crippen molar-refractivity contribution in [1.82, 2.24) is 9.79 Å². The van der Waals surface area contributed by atoms with Crippen molar-refractivity contribution in [3.05, 3.63) is 59.7 Å². The lowest BCUT2D eigenvalue weighted by Crippen LogP contribution is -2.44. The smallest absolute Gasteiger partial charge is 0.406 e. The first-order valence-electron chi connectivity index (χ1n) is 9.12. The van der Waals surface area contributed by atoms with Crippen LogP contribution in [0.2, 0.25) is 0 Å². The molecule has 0 saturated carbocycles. The van der Waals surface area contributed by atoms with Gasteiger partial charge in [-0.3, -0.25) is 10.0 Å². The summed E-state index contributed by atoms with van der Waals surface area (Å²) in [4.78, 5) is 12.1. The van der Waals surface area contributed by atoms with Crippen LogP contribution in [0.5, 0.6) is 5.75 Å². The number of hydrogen-bond donors (Lipinski definition) is 3. The minimum atomic E-state index is -4.80. The predicted molar refractivity (Wildman–Crippen MR) is 108 cm³/mol. The second-order valence-electron chi connectivity index (χ2n) is 7.00. The number of ether oxygens (including phenoxy) is 1. The highest BCUT2D eigenvalue weighted by atomic mass is 32.5. The molecule has 3 N–H and O–H groups in total. The third-order valence-electron chi connectivity index (χ3n) is 5.07. The molecule has 0 bridgehead atoms. The number of amides is 1. The number of nitrogens with zero attached hydrogens (tertiary/aromatic N) is 1. The summed E-state index contributed by atoms with van der Waals surface area (Å²) in [5.41, 5.74) is 0.654. The molecule has 1 atom stereocenters. The van der Waals surface area contributed by atoms with E-state index in [0.717, 1.165) is 12.1 Å². The van der Waals surface area contributed by atoms with Crippen molar-refractivity contribution in [3.8, 4) is 5.75 Å². The van der Waals surface area contributed by atoms with Gasteiger partial charge in [0.15, 0.2) is 0 Å². The van der Waals surface area contributed by atoms with Gasteiger partial charge >= 0.3 is 6.36 Å². The van der Waals surface area contributed by atoms with E-state index in [1.54, 1.807) is 16.4 Å². The molecule has 12 heteroatoms. The normalized spacial score (nSPS) is 18.7. The van der Waals surface area contributed by atoms with Gasteiger partial charge in [-0.25, -0.2) is 14.0 Å². The Hall–Kier alpha value is -2.17. The number of rotatable bonds is 5. The Balaban J connectivity index is 1.76. The summed E-state index contributed by atoms with van der Waals surface area (Å²) in [5.74, 6) is -1.20. The Morgan fingerprint density at radius 1 is 1.13 bits per heavy atom. The van der Waals surface area contributed by atoms with E-state index in [-0.39, 0.29) is 42.1 Å². The molecule has 3 rings (SSSR count). The molecule has 1 fully saturated rings. The lowest BCUT2D eigenvalue weighted by Gasteiger charge is -2.39. The Morgan fingerprint density at radius 2 is 1.71 bits per heavy atom. The zero-order valence-corrected chi connectivity index (χ0v) is 17.9. The molecule has 168 valence electrons. The summed E-state index contributed by atoms with van der Waals surface area (Å²) < 4.78 is 55.9. The Bertz CT molecular complexity index is 1050. The lowest BCUT2D eigenvalue weighted by molar-refractivity contribution is -0.274. The second kappa shape index (κ2) is 8.76. The minimum absolute atomic E-state index is 0.0334. The maximum Gasteiger partial charge on any atom is 0.573 e. The second-order valence-corrected chi connectivity index (χ2v) is 10.7. The molecule has 1 unspecified atom stereocenters. The third-order valence-corrected chi connectivity index (χ3v) is 8.55. The summed E-state index contributed by atoms with van der Waals surface area (Å²) in [6.45, 7) is 0.351. The highest BCUT2D eigenvalue weighted by Crippen LogP contribution is 2.37. The van der Waals surface area contributed by atoms with E-state index in [1.165, 1.54) is 29.7 Å². The van der Waals surface area contributed by atoms with E-state index in [4.69, 9.17) is 5.21 Å². The van der Waals surface area contributed by atoms with Crippen LogP contribution in [0, 0.1) is 0 Å². The standard InChI is InChI=1S/C19H20F3N2O5PS/c20-19(21,22)29-14-7-5-13(6-8-14)18(26)9-11-24(12-10-18)31(28,30)16-4-2-1-3-15(16)17(25)23-27/h1-8,26-27,30H,9-12H2,(H,23,25). The van der Waals surface area contributed by atoms with E-state index in [9.17, 15) is 27.3 Å². The van der Waals surface area contributed by atoms with Gasteiger partial charge in [0.2, 0.25) is 0 Å². The number of aliphatic hydroxyl groups is 1. The number of nitrogens with one attached hydrogen (secondary N) is 1. The minimum Gasteiger partial charge on any atom is -0.406 e. The topological polar surface area (TPSA) is 99.1 Å². The summed E-state index contributed by atoms with van der Waals surface area (Å²) in [6.07, 6.45) is -4.49. The van der Waals surface area contributed by atoms with E-state index in [1.807, 2.05) is 0 Å². The average Bonchev–Trinajstić information content (AvgIpc) is 2.73. The van der Waals surface area contributed by atoms with Gasteiger partial charge in [-0.05, 0) is 50.7 Å². The summed E-state index contributed by atoms with van der Waals surface area (Å²) in [5, 5.41) is 19.9. The molecule has 2 aromatic rings. The molecule has 0 aliphatic carbocycles. The monoisotopic (exact) mass is 476 g/mol. The maximum atomic E-state index is 13.5. The van der Waals surface area contributed by atoms with Gasteiger partial charge in [0, 0.05) is 13.1 Å². The number of benzene rings is 2. The van der Waals surface area contributed by atoms with Crippen LogP contribution < -0.4 is 10.2 Å². The van der Waals surface area contributed by atoms with E-state index >= 15 is 0 Å². The molecule has 1 amide bonds. The van der Waals surface area contributed by atoms with Gasteiger partial charge in [0.25, 0.3) is 5.91 Å². The van der Waals surface area contributed by atoms with Gasteiger partial charge in [0.05, 0.1) is 25.4 Å². The lowest BCUT2D eigenvalue weighted by atomic mass is 9.85. The molecule has 1 heterocycles. The Morgan fingerprint density at radius 3 is 2.26 bits per heavy atom. The van der Waals surface area contributed by atoms with Crippen molar-refractivity contribution < 1.29 is 37.2 Å². The molecule has 31 heavy (non-hydrogen) atoms. The summed E-state index contributed by atoms with van der Waals surface area (Å²) >= 11 is 0. The van der Waals surface area contributed by atoms with Gasteiger partial charge in [-0.1, -0.05) is 24.3 Å². The zero-order valence-electron chi connectivity index (χ0n) is 16.1. The first-order valence-corrected chi connectivity index (χ1v) is 11.9. The fraction of sp³-hybridized carbons (Fsp3) is 0.316. The van der Waals surface area contributed by atoms with Crippen LogP contribution in [-0.4, -0.2) is 44.2 Å². The molecule has 1 aliphatic heterocycles. The molecular weight excluding hydrogens is 456 g/mol. The van der Waals surface area contributed by atoms with Crippen molar-refractivity contribution in [2.45, 2.75) is 29.7 Å². The number of carbonyl (C=O) groups is 1. The molecule has 7 nitrogen and oxygen atoms in total. The summed E-state index contributed by atoms with van der Waals surface area (Å²) in [6, 6.07) is 11.1. The predicted octanol–water partition coefficient (Wildman–Crippen LogP) is 3.30. The maximum absolute atomic E-state index is 13.5. The van der Waals surface area contributed by atoms with Gasteiger partial charge < -0.3 is 9.84 Å². The van der Waals surface area contributed by atoms with Gasteiger partial charge in [-0.15, -0.1) is 13.2 Å². The average molecular weight is 476 g/mol. The van der Waals surface area contributed by atoms with Crippen LogP contribution in [0.1, 0.15) is 28.8 Å². The van der Waals surface area contributed by atoms with Crippen molar-refractivity contribution in [2.75, 3.05) is 13.1 Å². The molecule has 2 aromatic carbocycles. The van der Waals surface area contributed by atoms with Crippen LogP contribution >= 0.6 is 8.02 Å². The molecule has 0 spiro atoms. The van der Waals surface area contributed by atoms with Gasteiger partial charge in [0.1, 0.15) is 5.75 Å². The highest BCUT2D eigenvalue weighted by molar-refractivity contribution is 8.19. The quantitative estimate of drug-likeness (QED) is 0.350. The first kappa shape index (κ1) is 23.5. The molecular formula is C19H20F3N2O5PS. The van der Waals surface area contributed by atoms with Crippen molar-refractivity contribution in [3.63, 3.8) is 0 Å². The zero-order chi connectivity index (χ0) is 22.9. The number of alkyl halides is 3. The van der Waals surface area contributed by atoms with E-state index in [2.05, 4.69) is 12.8 Å². The third kappa shape index (κ3) is 5.19. The fourth-order valence-corrected chi connectivity index (χ4v) is 6.24. The Kier molecular flexibility index (Phi) is 6.64. The van der Waals surface area contributed by atoms with Crippen LogP contribution in [0.3, 0.4) is 0 Å². The Labute approximate surface area is 178 Å². The highest BCUT2D eigenvalue weighted by Gasteiger charge is 2.38. The molecule has 0 radical (unpaired) electrons. The number of hydroxylamine groups is 1. The fourth-order valence-electron chi connectivity index (χ4n) is 3.46. The van der Waals surface area contributed by atoms with Crippen LogP contribution in [0.25, 0.3) is 0 Å². The number of piperidine rings is 1. The van der Waals surface area contributed by atoms with Crippen molar-refractivity contribution >= 4 is 23.2 Å². The molecule has 1 saturated heterocycles. The largest absolute Gasteiger partial charge is 0.573 e. The molecule has 1 aliphatic rings. The summed E-state index contributed by atoms with van der Waals surface area (Å²) in [7, 11) is 0.236.